The maximum atomic E-state index is 5.30. The van der Waals surface area contributed by atoms with Gasteiger partial charge in [-0.05, 0) is 31.9 Å². The van der Waals surface area contributed by atoms with Crippen LogP contribution >= 0.6 is 0 Å². The zero-order valence-electron chi connectivity index (χ0n) is 8.60. The van der Waals surface area contributed by atoms with E-state index in [9.17, 15) is 0 Å². The van der Waals surface area contributed by atoms with Crippen molar-refractivity contribution < 1.29 is 4.52 Å². The Balaban J connectivity index is 1.93. The van der Waals surface area contributed by atoms with Gasteiger partial charge < -0.3 is 4.52 Å². The molecule has 1 saturated carbocycles. The topological polar surface area (TPSA) is 38.9 Å². The molecule has 0 bridgehead atoms. The standard InChI is InChI=1S/C12H12N2O/c1-8-2-3-10(7-13-8)11-6-12(15-14-11)9-4-5-9/h2-3,6-7,9H,4-5H2,1H3. The second-order valence-electron chi connectivity index (χ2n) is 4.08. The van der Waals surface area contributed by atoms with Gasteiger partial charge in [0.2, 0.25) is 0 Å². The maximum Gasteiger partial charge on any atom is 0.140 e. The summed E-state index contributed by atoms with van der Waals surface area (Å²) in [7, 11) is 0. The van der Waals surface area contributed by atoms with Crippen LogP contribution < -0.4 is 0 Å². The van der Waals surface area contributed by atoms with Crippen molar-refractivity contribution in [2.45, 2.75) is 25.7 Å². The molecule has 0 unspecified atom stereocenters. The first-order valence-electron chi connectivity index (χ1n) is 5.22. The molecule has 3 nitrogen and oxygen atoms in total. The average molecular weight is 200 g/mol. The second-order valence-corrected chi connectivity index (χ2v) is 4.08. The monoisotopic (exact) mass is 200 g/mol. The highest BCUT2D eigenvalue weighted by Gasteiger charge is 2.27. The highest BCUT2D eigenvalue weighted by Crippen LogP contribution is 2.41. The van der Waals surface area contributed by atoms with Gasteiger partial charge in [0.25, 0.3) is 0 Å². The third-order valence-corrected chi connectivity index (χ3v) is 2.72. The van der Waals surface area contributed by atoms with Gasteiger partial charge in [0.15, 0.2) is 0 Å². The van der Waals surface area contributed by atoms with Crippen LogP contribution in [0.25, 0.3) is 11.3 Å². The maximum absolute atomic E-state index is 5.30. The Morgan fingerprint density at radius 1 is 1.33 bits per heavy atom. The molecule has 0 aliphatic heterocycles. The SMILES string of the molecule is Cc1ccc(-c2cc(C3CC3)on2)cn1. The van der Waals surface area contributed by atoms with Gasteiger partial charge in [-0.25, -0.2) is 0 Å². The fourth-order valence-corrected chi connectivity index (χ4v) is 1.60. The van der Waals surface area contributed by atoms with Crippen LogP contribution in [0.4, 0.5) is 0 Å². The quantitative estimate of drug-likeness (QED) is 0.748. The van der Waals surface area contributed by atoms with Crippen LogP contribution in [0.2, 0.25) is 0 Å². The fourth-order valence-electron chi connectivity index (χ4n) is 1.60. The summed E-state index contributed by atoms with van der Waals surface area (Å²) in [6, 6.07) is 6.04. The van der Waals surface area contributed by atoms with Gasteiger partial charge in [-0.15, -0.1) is 0 Å². The molecule has 3 heteroatoms. The molecule has 1 aliphatic rings. The second kappa shape index (κ2) is 3.19. The minimum absolute atomic E-state index is 0.615. The minimum atomic E-state index is 0.615. The Hall–Kier alpha value is -1.64. The van der Waals surface area contributed by atoms with Crippen LogP contribution in [-0.2, 0) is 0 Å². The molecule has 0 atom stereocenters. The summed E-state index contributed by atoms with van der Waals surface area (Å²) >= 11 is 0. The molecule has 0 aromatic carbocycles. The van der Waals surface area contributed by atoms with Crippen LogP contribution in [0.15, 0.2) is 28.9 Å². The first-order valence-corrected chi connectivity index (χ1v) is 5.22. The van der Waals surface area contributed by atoms with Crippen molar-refractivity contribution in [3.63, 3.8) is 0 Å². The number of aryl methyl sites for hydroxylation is 1. The Morgan fingerprint density at radius 2 is 2.20 bits per heavy atom. The molecule has 3 rings (SSSR count). The van der Waals surface area contributed by atoms with Crippen molar-refractivity contribution in [3.05, 3.63) is 35.9 Å². The molecule has 2 aromatic rings. The van der Waals surface area contributed by atoms with E-state index in [1.54, 1.807) is 0 Å². The molecule has 0 saturated heterocycles. The molecule has 76 valence electrons. The molecular weight excluding hydrogens is 188 g/mol. The normalized spacial score (nSPS) is 15.5. The molecule has 15 heavy (non-hydrogen) atoms. The number of pyridine rings is 1. The Kier molecular flexibility index (Phi) is 1.84. The molecule has 0 radical (unpaired) electrons. The molecule has 2 aromatic heterocycles. The summed E-state index contributed by atoms with van der Waals surface area (Å²) in [6.07, 6.45) is 4.31. The van der Waals surface area contributed by atoms with E-state index in [0.29, 0.717) is 5.92 Å². The predicted octanol–water partition coefficient (Wildman–Crippen LogP) is 2.92. The first kappa shape index (κ1) is 8.65. The van der Waals surface area contributed by atoms with Gasteiger partial charge in [0.1, 0.15) is 11.5 Å². The summed E-state index contributed by atoms with van der Waals surface area (Å²) in [4.78, 5) is 4.24. The van der Waals surface area contributed by atoms with Crippen molar-refractivity contribution in [1.29, 1.82) is 0 Å². The van der Waals surface area contributed by atoms with Gasteiger partial charge in [0, 0.05) is 29.4 Å². The summed E-state index contributed by atoms with van der Waals surface area (Å²) in [6.45, 7) is 1.97. The summed E-state index contributed by atoms with van der Waals surface area (Å²) in [5, 5.41) is 4.06. The first-order chi connectivity index (χ1) is 7.33. The lowest BCUT2D eigenvalue weighted by Gasteiger charge is -1.94. The van der Waals surface area contributed by atoms with Crippen LogP contribution in [0.3, 0.4) is 0 Å². The molecule has 0 amide bonds. The van der Waals surface area contributed by atoms with Gasteiger partial charge in [-0.1, -0.05) is 5.16 Å². The van der Waals surface area contributed by atoms with Gasteiger partial charge in [0.05, 0.1) is 0 Å². The number of aromatic nitrogens is 2. The number of hydrogen-bond donors (Lipinski definition) is 0. The third-order valence-electron chi connectivity index (χ3n) is 2.72. The van der Waals surface area contributed by atoms with Crippen LogP contribution in [-0.4, -0.2) is 10.1 Å². The van der Waals surface area contributed by atoms with Crippen LogP contribution in [0.5, 0.6) is 0 Å². The number of nitrogens with zero attached hydrogens (tertiary/aromatic N) is 2. The average Bonchev–Trinajstić information content (AvgIpc) is 2.99. The molecule has 1 fully saturated rings. The zero-order valence-corrected chi connectivity index (χ0v) is 8.60. The lowest BCUT2D eigenvalue weighted by Crippen LogP contribution is -1.82. The third kappa shape index (κ3) is 1.65. The van der Waals surface area contributed by atoms with Crippen molar-refractivity contribution in [1.82, 2.24) is 10.1 Å². The smallest absolute Gasteiger partial charge is 0.140 e. The molecule has 0 spiro atoms. The fraction of sp³-hybridized carbons (Fsp3) is 0.333. The molecular formula is C12H12N2O. The predicted molar refractivity (Wildman–Crippen MR) is 56.4 cm³/mol. The highest BCUT2D eigenvalue weighted by atomic mass is 16.5. The van der Waals surface area contributed by atoms with Gasteiger partial charge >= 0.3 is 0 Å². The van der Waals surface area contributed by atoms with Gasteiger partial charge in [-0.3, -0.25) is 4.98 Å². The van der Waals surface area contributed by atoms with E-state index in [-0.39, 0.29) is 0 Å². The largest absolute Gasteiger partial charge is 0.360 e. The van der Waals surface area contributed by atoms with E-state index in [1.165, 1.54) is 12.8 Å². The van der Waals surface area contributed by atoms with E-state index in [2.05, 4.69) is 10.1 Å². The summed E-state index contributed by atoms with van der Waals surface area (Å²) in [5.41, 5.74) is 2.94. The summed E-state index contributed by atoms with van der Waals surface area (Å²) < 4.78 is 5.30. The minimum Gasteiger partial charge on any atom is -0.360 e. The van der Waals surface area contributed by atoms with Crippen molar-refractivity contribution in [2.24, 2.45) is 0 Å². The Bertz CT molecular complexity index is 469. The highest BCUT2D eigenvalue weighted by molar-refractivity contribution is 5.57. The van der Waals surface area contributed by atoms with E-state index < -0.39 is 0 Å². The lowest BCUT2D eigenvalue weighted by molar-refractivity contribution is 0.386. The van der Waals surface area contributed by atoms with Crippen LogP contribution in [0, 0.1) is 6.92 Å². The van der Waals surface area contributed by atoms with E-state index in [1.807, 2.05) is 31.3 Å². The van der Waals surface area contributed by atoms with Crippen molar-refractivity contribution >= 4 is 0 Å². The van der Waals surface area contributed by atoms with Crippen LogP contribution in [0.1, 0.15) is 30.2 Å². The Morgan fingerprint density at radius 3 is 2.87 bits per heavy atom. The van der Waals surface area contributed by atoms with Crippen molar-refractivity contribution in [2.75, 3.05) is 0 Å². The molecule has 2 heterocycles. The zero-order chi connectivity index (χ0) is 10.3. The van der Waals surface area contributed by atoms with E-state index in [0.717, 1.165) is 22.7 Å². The van der Waals surface area contributed by atoms with Gasteiger partial charge in [-0.2, -0.15) is 0 Å². The van der Waals surface area contributed by atoms with E-state index in [4.69, 9.17) is 4.52 Å². The summed E-state index contributed by atoms with van der Waals surface area (Å²) in [5.74, 6) is 1.63. The number of rotatable bonds is 2. The molecule has 0 N–H and O–H groups in total. The van der Waals surface area contributed by atoms with Crippen molar-refractivity contribution in [3.8, 4) is 11.3 Å². The Labute approximate surface area is 88.1 Å². The molecule has 1 aliphatic carbocycles. The number of hydrogen-bond acceptors (Lipinski definition) is 3. The lowest BCUT2D eigenvalue weighted by atomic mass is 10.2. The van der Waals surface area contributed by atoms with E-state index >= 15 is 0 Å².